The molecule has 0 spiro atoms. The smallest absolute Gasteiger partial charge is 0.222 e. The van der Waals surface area contributed by atoms with Crippen LogP contribution in [-0.4, -0.2) is 54.5 Å². The van der Waals surface area contributed by atoms with Crippen LogP contribution < -0.4 is 5.73 Å². The fourth-order valence-electron chi connectivity index (χ4n) is 3.73. The van der Waals surface area contributed by atoms with Crippen LogP contribution >= 0.6 is 24.8 Å². The van der Waals surface area contributed by atoms with Gasteiger partial charge in [-0.3, -0.25) is 9.69 Å². The SMILES string of the molecule is Cl.Cl.NCCN1C(=O)CC[C@H]2CN(C/C=C/c3ccco3)CC[C@H]21. The van der Waals surface area contributed by atoms with Crippen molar-refractivity contribution in [3.8, 4) is 0 Å². The Morgan fingerprint density at radius 2 is 2.17 bits per heavy atom. The summed E-state index contributed by atoms with van der Waals surface area (Å²) in [4.78, 5) is 16.6. The number of piperidine rings is 2. The first-order valence-corrected chi connectivity index (χ1v) is 8.20. The van der Waals surface area contributed by atoms with Gasteiger partial charge in [0.25, 0.3) is 0 Å². The highest BCUT2D eigenvalue weighted by Gasteiger charge is 2.38. The number of nitrogens with two attached hydrogens (primary N) is 1. The molecule has 0 aliphatic carbocycles. The number of nitrogens with zero attached hydrogens (tertiary/aromatic N) is 2. The van der Waals surface area contributed by atoms with Gasteiger partial charge in [0, 0.05) is 45.2 Å². The summed E-state index contributed by atoms with van der Waals surface area (Å²) >= 11 is 0. The van der Waals surface area contributed by atoms with Crippen LogP contribution in [0.5, 0.6) is 0 Å². The van der Waals surface area contributed by atoms with E-state index in [2.05, 4.69) is 11.0 Å². The van der Waals surface area contributed by atoms with E-state index in [4.69, 9.17) is 10.2 Å². The zero-order valence-corrected chi connectivity index (χ0v) is 15.4. The zero-order chi connectivity index (χ0) is 15.4. The number of hydrogen-bond acceptors (Lipinski definition) is 4. The molecule has 3 heterocycles. The Morgan fingerprint density at radius 3 is 2.88 bits per heavy atom. The number of amides is 1. The first-order valence-electron chi connectivity index (χ1n) is 8.20. The van der Waals surface area contributed by atoms with Crippen molar-refractivity contribution < 1.29 is 9.21 Å². The fraction of sp³-hybridized carbons (Fsp3) is 0.588. The molecule has 0 saturated carbocycles. The van der Waals surface area contributed by atoms with E-state index in [0.717, 1.165) is 38.2 Å². The second kappa shape index (κ2) is 10.1. The molecule has 2 aliphatic rings. The van der Waals surface area contributed by atoms with Gasteiger partial charge in [0.2, 0.25) is 5.91 Å². The lowest BCUT2D eigenvalue weighted by molar-refractivity contribution is -0.140. The molecular formula is C17H27Cl2N3O2. The van der Waals surface area contributed by atoms with Gasteiger partial charge in [-0.25, -0.2) is 0 Å². The molecule has 136 valence electrons. The molecule has 2 atom stereocenters. The summed E-state index contributed by atoms with van der Waals surface area (Å²) in [6.45, 7) is 4.32. The van der Waals surface area contributed by atoms with Crippen molar-refractivity contribution in [2.45, 2.75) is 25.3 Å². The Morgan fingerprint density at radius 1 is 1.33 bits per heavy atom. The fourth-order valence-corrected chi connectivity index (χ4v) is 3.73. The summed E-state index contributed by atoms with van der Waals surface area (Å²) in [7, 11) is 0. The van der Waals surface area contributed by atoms with Gasteiger partial charge in [0.1, 0.15) is 5.76 Å². The summed E-state index contributed by atoms with van der Waals surface area (Å²) in [6.07, 6.45) is 8.63. The van der Waals surface area contributed by atoms with E-state index in [1.807, 2.05) is 23.1 Å². The predicted molar refractivity (Wildman–Crippen MR) is 101 cm³/mol. The van der Waals surface area contributed by atoms with Gasteiger partial charge < -0.3 is 15.1 Å². The van der Waals surface area contributed by atoms with Crippen molar-refractivity contribution >= 4 is 36.8 Å². The third kappa shape index (κ3) is 4.99. The maximum atomic E-state index is 12.1. The number of carbonyl (C=O) groups is 1. The molecule has 0 bridgehead atoms. The van der Waals surface area contributed by atoms with Crippen LogP contribution in [0.4, 0.5) is 0 Å². The quantitative estimate of drug-likeness (QED) is 0.857. The third-order valence-corrected chi connectivity index (χ3v) is 4.79. The number of likely N-dealkylation sites (tertiary alicyclic amines) is 2. The summed E-state index contributed by atoms with van der Waals surface area (Å²) in [6, 6.07) is 4.26. The van der Waals surface area contributed by atoms with Crippen molar-refractivity contribution in [1.29, 1.82) is 0 Å². The predicted octanol–water partition coefficient (Wildman–Crippen LogP) is 2.41. The number of hydrogen-bond donors (Lipinski definition) is 1. The monoisotopic (exact) mass is 375 g/mol. The Kier molecular flexibility index (Phi) is 8.84. The molecule has 0 aromatic carbocycles. The first-order chi connectivity index (χ1) is 10.8. The molecule has 0 radical (unpaired) electrons. The number of halogens is 2. The van der Waals surface area contributed by atoms with E-state index >= 15 is 0 Å². The molecule has 0 unspecified atom stereocenters. The molecule has 1 aromatic rings. The second-order valence-corrected chi connectivity index (χ2v) is 6.21. The number of rotatable bonds is 5. The Balaban J connectivity index is 0.00000144. The highest BCUT2D eigenvalue weighted by molar-refractivity contribution is 5.85. The molecule has 1 amide bonds. The maximum absolute atomic E-state index is 12.1. The van der Waals surface area contributed by atoms with Crippen molar-refractivity contribution in [2.75, 3.05) is 32.7 Å². The van der Waals surface area contributed by atoms with E-state index in [1.54, 1.807) is 6.26 Å². The molecule has 3 rings (SSSR count). The lowest BCUT2D eigenvalue weighted by Gasteiger charge is -2.47. The van der Waals surface area contributed by atoms with Gasteiger partial charge in [-0.15, -0.1) is 24.8 Å². The van der Waals surface area contributed by atoms with E-state index in [0.29, 0.717) is 31.5 Å². The topological polar surface area (TPSA) is 62.7 Å². The van der Waals surface area contributed by atoms with E-state index < -0.39 is 0 Å². The molecular weight excluding hydrogens is 349 g/mol. The summed E-state index contributed by atoms with van der Waals surface area (Å²) < 4.78 is 5.30. The first kappa shape index (κ1) is 21.0. The molecule has 2 aliphatic heterocycles. The highest BCUT2D eigenvalue weighted by atomic mass is 35.5. The van der Waals surface area contributed by atoms with Gasteiger partial charge in [0.05, 0.1) is 6.26 Å². The van der Waals surface area contributed by atoms with Gasteiger partial charge >= 0.3 is 0 Å². The summed E-state index contributed by atoms with van der Waals surface area (Å²) in [5, 5.41) is 0. The van der Waals surface area contributed by atoms with Gasteiger partial charge in [0.15, 0.2) is 0 Å². The molecule has 5 nitrogen and oxygen atoms in total. The minimum atomic E-state index is 0. The average molecular weight is 376 g/mol. The lowest BCUT2D eigenvalue weighted by Crippen LogP contribution is -2.56. The van der Waals surface area contributed by atoms with Crippen LogP contribution in [0.25, 0.3) is 6.08 Å². The molecule has 7 heteroatoms. The average Bonchev–Trinajstić information content (AvgIpc) is 3.04. The maximum Gasteiger partial charge on any atom is 0.222 e. The van der Waals surface area contributed by atoms with Crippen molar-refractivity contribution in [3.05, 3.63) is 30.2 Å². The van der Waals surface area contributed by atoms with Crippen LogP contribution in [0.3, 0.4) is 0 Å². The number of fused-ring (bicyclic) bond motifs is 1. The standard InChI is InChI=1S/C17H25N3O2.2ClH/c18-8-11-20-16-7-10-19(13-14(16)5-6-17(20)21)9-1-3-15-4-2-12-22-15;;/h1-4,12,14,16H,5-11,13,18H2;2*1H/b3-1+;;/t14-,16+;;/m0../s1. The lowest BCUT2D eigenvalue weighted by atomic mass is 9.83. The van der Waals surface area contributed by atoms with Crippen LogP contribution in [0.15, 0.2) is 28.9 Å². The molecule has 24 heavy (non-hydrogen) atoms. The summed E-state index contributed by atoms with van der Waals surface area (Å²) in [5.41, 5.74) is 5.66. The van der Waals surface area contributed by atoms with Gasteiger partial charge in [-0.05, 0) is 37.0 Å². The minimum Gasteiger partial charge on any atom is -0.465 e. The normalized spacial score (nSPS) is 24.4. The highest BCUT2D eigenvalue weighted by Crippen LogP contribution is 2.30. The number of carbonyl (C=O) groups excluding carboxylic acids is 1. The molecule has 2 saturated heterocycles. The third-order valence-electron chi connectivity index (χ3n) is 4.79. The molecule has 1 aromatic heterocycles. The van der Waals surface area contributed by atoms with Crippen LogP contribution in [0.2, 0.25) is 0 Å². The van der Waals surface area contributed by atoms with Crippen molar-refractivity contribution in [2.24, 2.45) is 11.7 Å². The Labute approximate surface area is 156 Å². The van der Waals surface area contributed by atoms with Gasteiger partial charge in [-0.2, -0.15) is 0 Å². The van der Waals surface area contributed by atoms with E-state index in [9.17, 15) is 4.79 Å². The Hall–Kier alpha value is -1.01. The van der Waals surface area contributed by atoms with Crippen LogP contribution in [0, 0.1) is 5.92 Å². The Bertz CT molecular complexity index is 522. The molecule has 2 fully saturated rings. The van der Waals surface area contributed by atoms with Crippen molar-refractivity contribution in [3.63, 3.8) is 0 Å². The van der Waals surface area contributed by atoms with Crippen LogP contribution in [-0.2, 0) is 4.79 Å². The zero-order valence-electron chi connectivity index (χ0n) is 13.8. The van der Waals surface area contributed by atoms with Crippen LogP contribution in [0.1, 0.15) is 25.0 Å². The second-order valence-electron chi connectivity index (χ2n) is 6.21. The molecule has 2 N–H and O–H groups in total. The minimum absolute atomic E-state index is 0. The summed E-state index contributed by atoms with van der Waals surface area (Å²) in [5.74, 6) is 1.78. The largest absolute Gasteiger partial charge is 0.465 e. The van der Waals surface area contributed by atoms with Crippen molar-refractivity contribution in [1.82, 2.24) is 9.80 Å². The number of furan rings is 1. The van der Waals surface area contributed by atoms with E-state index in [-0.39, 0.29) is 30.7 Å². The van der Waals surface area contributed by atoms with E-state index in [1.165, 1.54) is 0 Å². The van der Waals surface area contributed by atoms with Gasteiger partial charge in [-0.1, -0.05) is 6.08 Å².